The van der Waals surface area contributed by atoms with Gasteiger partial charge in [0.05, 0.1) is 18.7 Å². The smallest absolute Gasteiger partial charge is 0.247 e. The van der Waals surface area contributed by atoms with Gasteiger partial charge >= 0.3 is 0 Å². The Bertz CT molecular complexity index is 1150. The number of amides is 1. The van der Waals surface area contributed by atoms with E-state index in [0.29, 0.717) is 43.4 Å². The van der Waals surface area contributed by atoms with Gasteiger partial charge in [0.15, 0.2) is 17.6 Å². The highest BCUT2D eigenvalue weighted by Crippen LogP contribution is 2.36. The lowest BCUT2D eigenvalue weighted by molar-refractivity contribution is -0.132. The second-order valence-corrected chi connectivity index (χ2v) is 9.09. The van der Waals surface area contributed by atoms with Crippen LogP contribution in [0.2, 0.25) is 0 Å². The molecule has 0 saturated heterocycles. The van der Waals surface area contributed by atoms with E-state index in [2.05, 4.69) is 21.1 Å². The number of nitrogen functional groups attached to an aromatic ring is 1. The lowest BCUT2D eigenvalue weighted by Gasteiger charge is -2.21. The Kier molecular flexibility index (Phi) is 5.28. The van der Waals surface area contributed by atoms with Crippen molar-refractivity contribution in [3.05, 3.63) is 52.1 Å². The molecule has 0 fully saturated rings. The predicted molar refractivity (Wildman–Crippen MR) is 125 cm³/mol. The molecule has 32 heavy (non-hydrogen) atoms. The number of rotatable bonds is 3. The second kappa shape index (κ2) is 8.12. The Balaban J connectivity index is 1.63. The van der Waals surface area contributed by atoms with Crippen molar-refractivity contribution in [2.45, 2.75) is 32.8 Å². The van der Waals surface area contributed by atoms with Crippen molar-refractivity contribution >= 4 is 37.9 Å². The zero-order chi connectivity index (χ0) is 22.4. The van der Waals surface area contributed by atoms with Gasteiger partial charge in [0.25, 0.3) is 0 Å². The van der Waals surface area contributed by atoms with Gasteiger partial charge in [-0.25, -0.2) is 5.01 Å². The average Bonchev–Trinajstić information content (AvgIpc) is 3.13. The first-order chi connectivity index (χ1) is 15.4. The fraction of sp³-hybridized carbons (Fsp3) is 0.348. The van der Waals surface area contributed by atoms with Crippen molar-refractivity contribution in [2.24, 2.45) is 10.3 Å². The Morgan fingerprint density at radius 2 is 1.81 bits per heavy atom. The first-order valence-corrected chi connectivity index (χ1v) is 11.3. The van der Waals surface area contributed by atoms with Crippen LogP contribution in [0.25, 0.3) is 0 Å². The van der Waals surface area contributed by atoms with Crippen LogP contribution < -0.4 is 15.2 Å². The Morgan fingerprint density at radius 1 is 1.12 bits per heavy atom. The molecule has 0 radical (unpaired) electrons. The minimum Gasteiger partial charge on any atom is -0.486 e. The normalized spacial score (nSPS) is 19.7. The number of hydrogen-bond acceptors (Lipinski definition) is 7. The maximum Gasteiger partial charge on any atom is 0.247 e. The van der Waals surface area contributed by atoms with Crippen LogP contribution in [0.3, 0.4) is 0 Å². The first-order valence-electron chi connectivity index (χ1n) is 10.5. The summed E-state index contributed by atoms with van der Waals surface area (Å²) in [5, 5.41) is 10.3. The molecular weight excluding hydrogens is 476 g/mol. The molecule has 8 nitrogen and oxygen atoms in total. The number of aryl methyl sites for hydroxylation is 2. The topological polar surface area (TPSA) is 98.7 Å². The van der Waals surface area contributed by atoms with Gasteiger partial charge < -0.3 is 20.0 Å². The summed E-state index contributed by atoms with van der Waals surface area (Å²) in [4.78, 5) is 18.6. The second-order valence-electron chi connectivity index (χ2n) is 8.18. The summed E-state index contributed by atoms with van der Waals surface area (Å²) in [5.74, 6) is 1.19. The zero-order valence-electron chi connectivity index (χ0n) is 17.9. The van der Waals surface area contributed by atoms with Gasteiger partial charge in [0.2, 0.25) is 5.91 Å². The fourth-order valence-electron chi connectivity index (χ4n) is 4.13. The van der Waals surface area contributed by atoms with E-state index in [1.807, 2.05) is 38.1 Å². The first kappa shape index (κ1) is 20.8. The molecular formula is C23H23BrN4O4. The minimum absolute atomic E-state index is 0.117. The number of hydrazone groups is 1. The van der Waals surface area contributed by atoms with Crippen LogP contribution in [0.15, 0.2) is 34.5 Å². The number of carbonyl (C=O) groups excluding carboxylic acids is 1. The van der Waals surface area contributed by atoms with Crippen LogP contribution >= 0.6 is 15.9 Å². The molecule has 3 heterocycles. The SMILES string of the molecule is Cc1cc(C2=NN(CC3CC(Br)=NO3)C(=O)Cc3cc4c(cc32)OCCO4)cc(C)c1N. The van der Waals surface area contributed by atoms with Gasteiger partial charge in [0, 0.05) is 23.2 Å². The largest absolute Gasteiger partial charge is 0.486 e. The van der Waals surface area contributed by atoms with Crippen LogP contribution in [0, 0.1) is 13.8 Å². The van der Waals surface area contributed by atoms with Crippen molar-refractivity contribution in [1.29, 1.82) is 0 Å². The molecule has 0 spiro atoms. The van der Waals surface area contributed by atoms with Gasteiger partial charge in [0.1, 0.15) is 17.8 Å². The number of benzene rings is 2. The van der Waals surface area contributed by atoms with Crippen molar-refractivity contribution in [1.82, 2.24) is 5.01 Å². The molecule has 9 heteroatoms. The number of nitrogens with zero attached hydrogens (tertiary/aromatic N) is 3. The quantitative estimate of drug-likeness (QED) is 0.654. The summed E-state index contributed by atoms with van der Waals surface area (Å²) in [6.07, 6.45) is 0.535. The number of carbonyl (C=O) groups is 1. The highest BCUT2D eigenvalue weighted by molar-refractivity contribution is 9.18. The van der Waals surface area contributed by atoms with Crippen molar-refractivity contribution in [3.8, 4) is 11.5 Å². The Hall–Kier alpha value is -3.07. The molecule has 1 amide bonds. The highest BCUT2D eigenvalue weighted by Gasteiger charge is 2.30. The third kappa shape index (κ3) is 3.81. The molecule has 166 valence electrons. The average molecular weight is 499 g/mol. The number of nitrogens with two attached hydrogens (primary N) is 1. The van der Waals surface area contributed by atoms with Crippen molar-refractivity contribution in [2.75, 3.05) is 25.5 Å². The van der Waals surface area contributed by atoms with Gasteiger partial charge in [-0.3, -0.25) is 4.79 Å². The van der Waals surface area contributed by atoms with Gasteiger partial charge in [-0.15, -0.1) is 0 Å². The number of ether oxygens (including phenoxy) is 2. The summed E-state index contributed by atoms with van der Waals surface area (Å²) in [6, 6.07) is 7.82. The molecule has 5 rings (SSSR count). The Labute approximate surface area is 194 Å². The molecule has 3 aliphatic rings. The monoisotopic (exact) mass is 498 g/mol. The molecule has 1 unspecified atom stereocenters. The van der Waals surface area contributed by atoms with Crippen LogP contribution in [0.5, 0.6) is 11.5 Å². The summed E-state index contributed by atoms with van der Waals surface area (Å²) in [7, 11) is 0. The number of hydrogen-bond donors (Lipinski definition) is 1. The van der Waals surface area contributed by atoms with Gasteiger partial charge in [-0.05, 0) is 70.7 Å². The molecule has 0 saturated carbocycles. The standard InChI is InChI=1S/C23H23BrN4O4/c1-12-5-15(6-13(2)22(12)25)23-17-10-19-18(30-3-4-31-19)7-14(17)8-21(29)28(26-23)11-16-9-20(24)27-32-16/h5-7,10,16H,3-4,8-9,11,25H2,1-2H3. The molecule has 2 aromatic carbocycles. The van der Waals surface area contributed by atoms with Crippen molar-refractivity contribution in [3.63, 3.8) is 0 Å². The number of anilines is 1. The number of oxime groups is 1. The van der Waals surface area contributed by atoms with Crippen LogP contribution in [0.1, 0.15) is 34.2 Å². The van der Waals surface area contributed by atoms with E-state index in [4.69, 9.17) is 25.1 Å². The molecule has 0 bridgehead atoms. The van der Waals surface area contributed by atoms with Gasteiger partial charge in [-0.2, -0.15) is 5.10 Å². The predicted octanol–water partition coefficient (Wildman–Crippen LogP) is 3.29. The maximum absolute atomic E-state index is 13.2. The summed E-state index contributed by atoms with van der Waals surface area (Å²) >= 11 is 3.35. The van der Waals surface area contributed by atoms with Crippen molar-refractivity contribution < 1.29 is 19.1 Å². The molecule has 0 aromatic heterocycles. The van der Waals surface area contributed by atoms with E-state index < -0.39 is 0 Å². The maximum atomic E-state index is 13.2. The molecule has 2 N–H and O–H groups in total. The van der Waals surface area contributed by atoms with Gasteiger partial charge in [-0.1, -0.05) is 5.16 Å². The lowest BCUT2D eigenvalue weighted by Crippen LogP contribution is -2.34. The van der Waals surface area contributed by atoms with E-state index in [1.165, 1.54) is 5.01 Å². The zero-order valence-corrected chi connectivity index (χ0v) is 19.4. The number of fused-ring (bicyclic) bond motifs is 2. The van der Waals surface area contributed by atoms with Crippen LogP contribution in [0.4, 0.5) is 5.69 Å². The van der Waals surface area contributed by atoms with E-state index in [1.54, 1.807) is 0 Å². The van der Waals surface area contributed by atoms with Crippen LogP contribution in [-0.4, -0.2) is 47.1 Å². The number of halogens is 1. The molecule has 0 aliphatic carbocycles. The minimum atomic E-state index is -0.255. The Morgan fingerprint density at radius 3 is 2.47 bits per heavy atom. The van der Waals surface area contributed by atoms with Crippen LogP contribution in [-0.2, 0) is 16.1 Å². The molecule has 2 aromatic rings. The highest BCUT2D eigenvalue weighted by atomic mass is 79.9. The lowest BCUT2D eigenvalue weighted by atomic mass is 9.93. The third-order valence-corrected chi connectivity index (χ3v) is 6.28. The van der Waals surface area contributed by atoms with E-state index in [9.17, 15) is 4.79 Å². The summed E-state index contributed by atoms with van der Waals surface area (Å²) in [5.41, 5.74) is 12.1. The van der Waals surface area contributed by atoms with E-state index in [0.717, 1.165) is 38.1 Å². The summed E-state index contributed by atoms with van der Waals surface area (Å²) in [6.45, 7) is 5.21. The molecule has 1 atom stereocenters. The third-order valence-electron chi connectivity index (χ3n) is 5.81. The van der Waals surface area contributed by atoms with E-state index >= 15 is 0 Å². The molecule has 3 aliphatic heterocycles. The summed E-state index contributed by atoms with van der Waals surface area (Å²) < 4.78 is 12.3. The van der Waals surface area contributed by atoms with E-state index in [-0.39, 0.29) is 18.4 Å². The fourth-order valence-corrected chi connectivity index (χ4v) is 4.58.